The Bertz CT molecular complexity index is 399. The fourth-order valence-corrected chi connectivity index (χ4v) is 2.02. The Hall–Kier alpha value is -1.62. The highest BCUT2D eigenvalue weighted by atomic mass is 19.1. The maximum atomic E-state index is 13.0. The van der Waals surface area contributed by atoms with Gasteiger partial charge in [-0.15, -0.1) is 0 Å². The molecule has 0 unspecified atom stereocenters. The number of nitrogens with zero attached hydrogens (tertiary/aromatic N) is 1. The summed E-state index contributed by atoms with van der Waals surface area (Å²) in [6.07, 6.45) is 4.62. The van der Waals surface area contributed by atoms with Crippen molar-refractivity contribution in [2.75, 3.05) is 5.32 Å². The minimum atomic E-state index is -0.285. The van der Waals surface area contributed by atoms with Crippen LogP contribution in [0.25, 0.3) is 0 Å². The van der Waals surface area contributed by atoms with Crippen molar-refractivity contribution in [3.8, 4) is 0 Å². The lowest BCUT2D eigenvalue weighted by Gasteiger charge is -2.11. The predicted molar refractivity (Wildman–Crippen MR) is 67.0 cm³/mol. The van der Waals surface area contributed by atoms with E-state index in [1.165, 1.54) is 25.0 Å². The molecule has 1 aliphatic carbocycles. The number of nitrogens with one attached hydrogen (secondary N) is 2. The molecule has 0 saturated heterocycles. The number of rotatable bonds is 2. The first-order chi connectivity index (χ1) is 8.28. The molecule has 0 bridgehead atoms. The number of benzene rings is 1. The van der Waals surface area contributed by atoms with Crippen molar-refractivity contribution in [3.05, 3.63) is 30.1 Å². The average molecular weight is 236 g/mol. The van der Waals surface area contributed by atoms with Gasteiger partial charge in [0.15, 0.2) is 0 Å². The van der Waals surface area contributed by atoms with Gasteiger partial charge in [-0.3, -0.25) is 5.43 Å². The van der Waals surface area contributed by atoms with Gasteiger partial charge in [-0.2, -0.15) is 0 Å². The smallest absolute Gasteiger partial charge is 0.210 e. The molecule has 1 aromatic carbocycles. The SMILES string of the molecule is NNC(=NC1CCCC1)Nc1cccc(F)c1. The minimum Gasteiger partial charge on any atom is -0.325 e. The first-order valence-corrected chi connectivity index (χ1v) is 5.85. The molecule has 92 valence electrons. The standard InChI is InChI=1S/C12H17FN4/c13-9-4-3-7-11(8-9)16-12(17-14)15-10-5-1-2-6-10/h3-4,7-8,10H,1-2,5-6,14H2,(H2,15,16,17). The second-order valence-electron chi connectivity index (χ2n) is 4.20. The normalized spacial score (nSPS) is 17.2. The Labute approximate surface area is 100 Å². The van der Waals surface area contributed by atoms with Gasteiger partial charge >= 0.3 is 0 Å². The van der Waals surface area contributed by atoms with Crippen molar-refractivity contribution in [1.29, 1.82) is 0 Å². The van der Waals surface area contributed by atoms with E-state index < -0.39 is 0 Å². The molecule has 0 radical (unpaired) electrons. The largest absolute Gasteiger partial charge is 0.325 e. The number of hydrogen-bond donors (Lipinski definition) is 3. The van der Waals surface area contributed by atoms with Crippen molar-refractivity contribution in [3.63, 3.8) is 0 Å². The third-order valence-electron chi connectivity index (χ3n) is 2.86. The van der Waals surface area contributed by atoms with E-state index in [1.807, 2.05) is 0 Å². The molecule has 4 N–H and O–H groups in total. The second-order valence-corrected chi connectivity index (χ2v) is 4.20. The highest BCUT2D eigenvalue weighted by Gasteiger charge is 2.14. The Morgan fingerprint density at radius 1 is 1.35 bits per heavy atom. The van der Waals surface area contributed by atoms with E-state index in [1.54, 1.807) is 12.1 Å². The van der Waals surface area contributed by atoms with Gasteiger partial charge in [0.05, 0.1) is 6.04 Å². The van der Waals surface area contributed by atoms with Crippen molar-refractivity contribution in [1.82, 2.24) is 5.43 Å². The van der Waals surface area contributed by atoms with Gasteiger partial charge in [0.2, 0.25) is 5.96 Å². The predicted octanol–water partition coefficient (Wildman–Crippen LogP) is 2.00. The van der Waals surface area contributed by atoms with E-state index in [0.717, 1.165) is 12.8 Å². The molecule has 17 heavy (non-hydrogen) atoms. The number of anilines is 1. The molecular formula is C12H17FN4. The van der Waals surface area contributed by atoms with E-state index in [2.05, 4.69) is 15.7 Å². The van der Waals surface area contributed by atoms with Crippen molar-refractivity contribution < 1.29 is 4.39 Å². The Morgan fingerprint density at radius 3 is 2.76 bits per heavy atom. The van der Waals surface area contributed by atoms with Crippen molar-refractivity contribution >= 4 is 11.6 Å². The van der Waals surface area contributed by atoms with Crippen LogP contribution in [0.15, 0.2) is 29.3 Å². The molecule has 0 atom stereocenters. The van der Waals surface area contributed by atoms with E-state index in [-0.39, 0.29) is 5.82 Å². The Balaban J connectivity index is 2.03. The van der Waals surface area contributed by atoms with Crippen LogP contribution < -0.4 is 16.6 Å². The summed E-state index contributed by atoms with van der Waals surface area (Å²) in [4.78, 5) is 4.47. The molecule has 0 aliphatic heterocycles. The first-order valence-electron chi connectivity index (χ1n) is 5.85. The lowest BCUT2D eigenvalue weighted by atomic mass is 10.3. The van der Waals surface area contributed by atoms with Crippen LogP contribution in [0.1, 0.15) is 25.7 Å². The molecule has 0 aromatic heterocycles. The quantitative estimate of drug-likeness (QED) is 0.318. The topological polar surface area (TPSA) is 62.4 Å². The maximum absolute atomic E-state index is 13.0. The molecule has 1 fully saturated rings. The van der Waals surface area contributed by atoms with Crippen LogP contribution in [0.4, 0.5) is 10.1 Å². The van der Waals surface area contributed by atoms with Crippen LogP contribution in [0, 0.1) is 5.82 Å². The number of halogens is 1. The summed E-state index contributed by atoms with van der Waals surface area (Å²) in [6.45, 7) is 0. The highest BCUT2D eigenvalue weighted by molar-refractivity contribution is 5.93. The van der Waals surface area contributed by atoms with Crippen molar-refractivity contribution in [2.45, 2.75) is 31.7 Å². The molecule has 4 nitrogen and oxygen atoms in total. The van der Waals surface area contributed by atoms with Gasteiger partial charge in [0, 0.05) is 5.69 Å². The zero-order valence-corrected chi connectivity index (χ0v) is 9.62. The van der Waals surface area contributed by atoms with Crippen molar-refractivity contribution in [2.24, 2.45) is 10.8 Å². The molecule has 0 amide bonds. The number of guanidine groups is 1. The van der Waals surface area contributed by atoms with E-state index in [9.17, 15) is 4.39 Å². The van der Waals surface area contributed by atoms with E-state index in [0.29, 0.717) is 17.7 Å². The molecule has 2 rings (SSSR count). The fourth-order valence-electron chi connectivity index (χ4n) is 2.02. The molecule has 1 aliphatic rings. The third kappa shape index (κ3) is 3.42. The molecule has 1 saturated carbocycles. The van der Waals surface area contributed by atoms with Crippen LogP contribution in [0.2, 0.25) is 0 Å². The summed E-state index contributed by atoms with van der Waals surface area (Å²) in [5.74, 6) is 5.60. The second kappa shape index (κ2) is 5.63. The van der Waals surface area contributed by atoms with Gasteiger partial charge in [0.1, 0.15) is 5.82 Å². The monoisotopic (exact) mass is 236 g/mol. The summed E-state index contributed by atoms with van der Waals surface area (Å²) in [5, 5.41) is 2.97. The maximum Gasteiger partial charge on any atom is 0.210 e. The van der Waals surface area contributed by atoms with Gasteiger partial charge in [-0.05, 0) is 31.0 Å². The van der Waals surface area contributed by atoms with Gasteiger partial charge in [-0.25, -0.2) is 15.2 Å². The molecular weight excluding hydrogens is 219 g/mol. The minimum absolute atomic E-state index is 0.285. The lowest BCUT2D eigenvalue weighted by Crippen LogP contribution is -2.37. The summed E-state index contributed by atoms with van der Waals surface area (Å²) in [6, 6.07) is 6.53. The summed E-state index contributed by atoms with van der Waals surface area (Å²) >= 11 is 0. The number of hydrogen-bond acceptors (Lipinski definition) is 2. The average Bonchev–Trinajstić information content (AvgIpc) is 2.81. The lowest BCUT2D eigenvalue weighted by molar-refractivity contribution is 0.628. The summed E-state index contributed by atoms with van der Waals surface area (Å²) in [7, 11) is 0. The van der Waals surface area contributed by atoms with Crippen LogP contribution in [0.3, 0.4) is 0 Å². The molecule has 5 heteroatoms. The fraction of sp³-hybridized carbons (Fsp3) is 0.417. The van der Waals surface area contributed by atoms with Gasteiger partial charge in [0.25, 0.3) is 0 Å². The molecule has 1 aromatic rings. The third-order valence-corrected chi connectivity index (χ3v) is 2.86. The highest BCUT2D eigenvalue weighted by Crippen LogP contribution is 2.21. The summed E-state index contributed by atoms with van der Waals surface area (Å²) < 4.78 is 13.0. The van der Waals surface area contributed by atoms with Crippen LogP contribution in [-0.2, 0) is 0 Å². The first kappa shape index (κ1) is 11.9. The van der Waals surface area contributed by atoms with Crippen LogP contribution >= 0.6 is 0 Å². The number of nitrogens with two attached hydrogens (primary N) is 1. The van der Waals surface area contributed by atoms with Gasteiger partial charge in [-0.1, -0.05) is 18.9 Å². The number of aliphatic imine (C=N–C) groups is 1. The molecule has 0 heterocycles. The van der Waals surface area contributed by atoms with Crippen LogP contribution in [0.5, 0.6) is 0 Å². The Kier molecular flexibility index (Phi) is 3.93. The zero-order valence-electron chi connectivity index (χ0n) is 9.62. The zero-order chi connectivity index (χ0) is 12.1. The Morgan fingerprint density at radius 2 is 2.12 bits per heavy atom. The molecule has 0 spiro atoms. The van der Waals surface area contributed by atoms with Gasteiger partial charge < -0.3 is 5.32 Å². The number of hydrazine groups is 1. The van der Waals surface area contributed by atoms with E-state index in [4.69, 9.17) is 5.84 Å². The van der Waals surface area contributed by atoms with E-state index >= 15 is 0 Å². The van der Waals surface area contributed by atoms with Crippen LogP contribution in [-0.4, -0.2) is 12.0 Å². The summed E-state index contributed by atoms with van der Waals surface area (Å²) in [5.41, 5.74) is 3.15.